The van der Waals surface area contributed by atoms with Gasteiger partial charge in [-0.15, -0.1) is 11.8 Å². The second-order valence-electron chi connectivity index (χ2n) is 6.15. The second kappa shape index (κ2) is 7.28. The number of nitrogens with zero attached hydrogens (tertiary/aromatic N) is 2. The molecule has 0 bridgehead atoms. The highest BCUT2D eigenvalue weighted by Crippen LogP contribution is 2.38. The minimum absolute atomic E-state index is 0.0261. The van der Waals surface area contributed by atoms with E-state index in [2.05, 4.69) is 29.2 Å². The third-order valence-electron chi connectivity index (χ3n) is 4.62. The smallest absolute Gasteiger partial charge is 0.253 e. The van der Waals surface area contributed by atoms with Crippen LogP contribution in [0.4, 0.5) is 11.4 Å². The number of benzene rings is 2. The quantitative estimate of drug-likeness (QED) is 0.814. The molecule has 2 saturated heterocycles. The predicted octanol–water partition coefficient (Wildman–Crippen LogP) is 3.96. The number of amides is 1. The van der Waals surface area contributed by atoms with Crippen molar-refractivity contribution in [2.24, 2.45) is 0 Å². The van der Waals surface area contributed by atoms with Gasteiger partial charge in [-0.05, 0) is 42.0 Å². The van der Waals surface area contributed by atoms with Crippen LogP contribution in [0.2, 0.25) is 5.02 Å². The maximum absolute atomic E-state index is 12.0. The number of carbonyl (C=O) groups excluding carboxylic acids is 1. The zero-order valence-electron chi connectivity index (χ0n) is 13.7. The Labute approximate surface area is 156 Å². The van der Waals surface area contributed by atoms with Crippen LogP contribution in [0.1, 0.15) is 11.6 Å². The molecule has 1 amide bonds. The topological polar surface area (TPSA) is 32.8 Å². The van der Waals surface area contributed by atoms with Gasteiger partial charge in [0, 0.05) is 28.7 Å². The number of morpholine rings is 1. The molecule has 0 aromatic heterocycles. The number of halogens is 1. The standard InChI is InChI=1S/C19H19ClN2O2S/c20-15-3-7-17(8-4-15)22-13-25-12-18(22)14-1-5-16(6-2-14)21-9-10-24-11-19(21)23/h1-8,18H,9-13H2. The molecule has 1 atom stereocenters. The number of ether oxygens (including phenoxy) is 1. The molecule has 1 unspecified atom stereocenters. The number of rotatable bonds is 3. The molecular formula is C19H19ClN2O2S. The van der Waals surface area contributed by atoms with Crippen molar-refractivity contribution >= 4 is 40.6 Å². The van der Waals surface area contributed by atoms with Crippen LogP contribution in [0.3, 0.4) is 0 Å². The lowest BCUT2D eigenvalue weighted by molar-refractivity contribution is -0.125. The van der Waals surface area contributed by atoms with Crippen LogP contribution >= 0.6 is 23.4 Å². The molecule has 6 heteroatoms. The first-order chi connectivity index (χ1) is 12.2. The molecule has 2 aromatic rings. The Morgan fingerprint density at radius 1 is 1.04 bits per heavy atom. The Morgan fingerprint density at radius 2 is 1.76 bits per heavy atom. The number of carbonyl (C=O) groups is 1. The van der Waals surface area contributed by atoms with Gasteiger partial charge in [0.05, 0.1) is 18.5 Å². The molecule has 4 rings (SSSR count). The Kier molecular flexibility index (Phi) is 4.88. The average molecular weight is 375 g/mol. The molecule has 0 saturated carbocycles. The van der Waals surface area contributed by atoms with Crippen molar-refractivity contribution in [2.45, 2.75) is 6.04 Å². The zero-order chi connectivity index (χ0) is 17.2. The highest BCUT2D eigenvalue weighted by Gasteiger charge is 2.27. The van der Waals surface area contributed by atoms with Crippen LogP contribution < -0.4 is 9.80 Å². The van der Waals surface area contributed by atoms with Crippen LogP contribution in [-0.4, -0.2) is 37.3 Å². The molecule has 0 N–H and O–H groups in total. The van der Waals surface area contributed by atoms with Crippen molar-refractivity contribution in [2.75, 3.05) is 41.2 Å². The van der Waals surface area contributed by atoms with Crippen molar-refractivity contribution in [1.82, 2.24) is 0 Å². The fraction of sp³-hybridized carbons (Fsp3) is 0.316. The molecule has 2 heterocycles. The maximum atomic E-state index is 12.0. The zero-order valence-corrected chi connectivity index (χ0v) is 15.3. The van der Waals surface area contributed by atoms with Gasteiger partial charge in [0.1, 0.15) is 6.61 Å². The molecule has 25 heavy (non-hydrogen) atoms. The summed E-state index contributed by atoms with van der Waals surface area (Å²) >= 11 is 7.94. The maximum Gasteiger partial charge on any atom is 0.253 e. The number of hydrogen-bond acceptors (Lipinski definition) is 4. The monoisotopic (exact) mass is 374 g/mol. The molecule has 2 aliphatic rings. The Hall–Kier alpha value is -1.69. The van der Waals surface area contributed by atoms with Gasteiger partial charge in [0.2, 0.25) is 0 Å². The van der Waals surface area contributed by atoms with Gasteiger partial charge >= 0.3 is 0 Å². The van der Waals surface area contributed by atoms with Crippen LogP contribution in [0, 0.1) is 0 Å². The molecule has 2 aliphatic heterocycles. The van der Waals surface area contributed by atoms with E-state index >= 15 is 0 Å². The lowest BCUT2D eigenvalue weighted by Gasteiger charge is -2.29. The minimum atomic E-state index is 0.0261. The van der Waals surface area contributed by atoms with E-state index in [9.17, 15) is 4.79 Å². The lowest BCUT2D eigenvalue weighted by Crippen LogP contribution is -2.41. The lowest BCUT2D eigenvalue weighted by atomic mass is 10.1. The first kappa shape index (κ1) is 16.8. The summed E-state index contributed by atoms with van der Waals surface area (Å²) in [6, 6.07) is 16.7. The van der Waals surface area contributed by atoms with Crippen LogP contribution in [0.15, 0.2) is 48.5 Å². The summed E-state index contributed by atoms with van der Waals surface area (Å²) in [7, 11) is 0. The van der Waals surface area contributed by atoms with Gasteiger partial charge in [-0.25, -0.2) is 0 Å². The molecule has 0 aliphatic carbocycles. The fourth-order valence-corrected chi connectivity index (χ4v) is 4.63. The van der Waals surface area contributed by atoms with Crippen molar-refractivity contribution in [3.8, 4) is 0 Å². The summed E-state index contributed by atoms with van der Waals surface area (Å²) in [5.41, 5.74) is 3.40. The van der Waals surface area contributed by atoms with Gasteiger partial charge in [-0.2, -0.15) is 0 Å². The van der Waals surface area contributed by atoms with E-state index in [1.165, 1.54) is 11.3 Å². The van der Waals surface area contributed by atoms with Crippen LogP contribution in [0.25, 0.3) is 0 Å². The third kappa shape index (κ3) is 3.50. The first-order valence-electron chi connectivity index (χ1n) is 8.30. The highest BCUT2D eigenvalue weighted by molar-refractivity contribution is 7.99. The van der Waals surface area contributed by atoms with Crippen molar-refractivity contribution in [1.29, 1.82) is 0 Å². The summed E-state index contributed by atoms with van der Waals surface area (Å²) in [4.78, 5) is 16.2. The molecule has 0 spiro atoms. The highest BCUT2D eigenvalue weighted by atomic mass is 35.5. The van der Waals surface area contributed by atoms with Crippen LogP contribution in [0.5, 0.6) is 0 Å². The van der Waals surface area contributed by atoms with E-state index in [4.69, 9.17) is 16.3 Å². The molecule has 0 radical (unpaired) electrons. The van der Waals surface area contributed by atoms with Gasteiger partial charge in [-0.3, -0.25) is 4.79 Å². The summed E-state index contributed by atoms with van der Waals surface area (Å²) in [6.07, 6.45) is 0. The Bertz CT molecular complexity index is 751. The second-order valence-corrected chi connectivity index (χ2v) is 7.59. The molecular weight excluding hydrogens is 356 g/mol. The van der Waals surface area contributed by atoms with Crippen molar-refractivity contribution in [3.63, 3.8) is 0 Å². The van der Waals surface area contributed by atoms with E-state index in [0.29, 0.717) is 19.2 Å². The normalized spacial score (nSPS) is 21.0. The van der Waals surface area contributed by atoms with Gasteiger partial charge in [0.25, 0.3) is 5.91 Å². The molecule has 4 nitrogen and oxygen atoms in total. The first-order valence-corrected chi connectivity index (χ1v) is 9.84. The van der Waals surface area contributed by atoms with E-state index in [-0.39, 0.29) is 12.5 Å². The summed E-state index contributed by atoms with van der Waals surface area (Å²) < 4.78 is 5.20. The summed E-state index contributed by atoms with van der Waals surface area (Å²) in [5, 5.41) is 0.756. The fourth-order valence-electron chi connectivity index (χ4n) is 3.27. The summed E-state index contributed by atoms with van der Waals surface area (Å²) in [6.45, 7) is 1.39. The van der Waals surface area contributed by atoms with Gasteiger partial charge < -0.3 is 14.5 Å². The predicted molar refractivity (Wildman–Crippen MR) is 104 cm³/mol. The molecule has 2 aromatic carbocycles. The molecule has 2 fully saturated rings. The minimum Gasteiger partial charge on any atom is -0.370 e. The van der Waals surface area contributed by atoms with Gasteiger partial charge in [-0.1, -0.05) is 23.7 Å². The largest absolute Gasteiger partial charge is 0.370 e. The van der Waals surface area contributed by atoms with Gasteiger partial charge in [0.15, 0.2) is 0 Å². The van der Waals surface area contributed by atoms with E-state index in [0.717, 1.165) is 22.3 Å². The third-order valence-corrected chi connectivity index (χ3v) is 5.88. The Morgan fingerprint density at radius 3 is 2.48 bits per heavy atom. The van der Waals surface area contributed by atoms with E-state index in [1.54, 1.807) is 4.90 Å². The number of anilines is 2. The average Bonchev–Trinajstić information content (AvgIpc) is 3.13. The van der Waals surface area contributed by atoms with Crippen molar-refractivity contribution in [3.05, 3.63) is 59.1 Å². The SMILES string of the molecule is O=C1COCCN1c1ccc(C2CSCN2c2ccc(Cl)cc2)cc1. The van der Waals surface area contributed by atoms with Crippen molar-refractivity contribution < 1.29 is 9.53 Å². The van der Waals surface area contributed by atoms with Crippen LogP contribution in [-0.2, 0) is 9.53 Å². The summed E-state index contributed by atoms with van der Waals surface area (Å²) in [5.74, 6) is 2.05. The van der Waals surface area contributed by atoms with E-state index < -0.39 is 0 Å². The number of hydrogen-bond donors (Lipinski definition) is 0. The Balaban J connectivity index is 1.54. The molecule has 130 valence electrons. The van der Waals surface area contributed by atoms with E-state index in [1.807, 2.05) is 36.0 Å². The number of thioether (sulfide) groups is 1.